The van der Waals surface area contributed by atoms with E-state index in [2.05, 4.69) is 15.3 Å². The number of anilines is 2. The van der Waals surface area contributed by atoms with Crippen LogP contribution in [0.4, 0.5) is 11.6 Å². The number of rotatable bonds is 2. The van der Waals surface area contributed by atoms with Crippen molar-refractivity contribution in [2.45, 2.75) is 51.0 Å². The van der Waals surface area contributed by atoms with Gasteiger partial charge in [-0.3, -0.25) is 0 Å². The molecule has 0 amide bonds. The number of nitrogens with zero attached hydrogens (tertiary/aromatic N) is 2. The van der Waals surface area contributed by atoms with E-state index in [9.17, 15) is 0 Å². The minimum Gasteiger partial charge on any atom is -0.396 e. The quantitative estimate of drug-likeness (QED) is 0.856. The van der Waals surface area contributed by atoms with Crippen LogP contribution >= 0.6 is 0 Å². The topological polar surface area (TPSA) is 63.8 Å². The molecule has 4 aliphatic carbocycles. The number of nitrogens with one attached hydrogen (secondary N) is 1. The first-order chi connectivity index (χ1) is 9.12. The molecule has 0 saturated heterocycles. The maximum atomic E-state index is 5.80. The summed E-state index contributed by atoms with van der Waals surface area (Å²) in [7, 11) is 0. The normalized spacial score (nSPS) is 39.5. The van der Waals surface area contributed by atoms with Crippen molar-refractivity contribution in [2.75, 3.05) is 11.1 Å². The molecule has 0 spiro atoms. The Kier molecular flexibility index (Phi) is 2.32. The van der Waals surface area contributed by atoms with Crippen LogP contribution < -0.4 is 11.1 Å². The number of nitrogen functional groups attached to an aromatic ring is 1. The monoisotopic (exact) mass is 258 g/mol. The molecule has 0 aliphatic heterocycles. The van der Waals surface area contributed by atoms with Crippen LogP contribution in [0, 0.1) is 24.7 Å². The Morgan fingerprint density at radius 1 is 1.16 bits per heavy atom. The van der Waals surface area contributed by atoms with Crippen LogP contribution in [0.3, 0.4) is 0 Å². The molecule has 102 valence electrons. The largest absolute Gasteiger partial charge is 0.396 e. The van der Waals surface area contributed by atoms with Gasteiger partial charge in [-0.2, -0.15) is 0 Å². The van der Waals surface area contributed by atoms with Gasteiger partial charge in [0.25, 0.3) is 0 Å². The first kappa shape index (κ1) is 11.5. The Labute approximate surface area is 114 Å². The number of hydrogen-bond acceptors (Lipinski definition) is 4. The highest BCUT2D eigenvalue weighted by molar-refractivity contribution is 5.44. The van der Waals surface area contributed by atoms with Crippen molar-refractivity contribution in [3.63, 3.8) is 0 Å². The Bertz CT molecular complexity index is 476. The lowest BCUT2D eigenvalue weighted by atomic mass is 9.53. The summed E-state index contributed by atoms with van der Waals surface area (Å²) in [5.41, 5.74) is 7.63. The minimum absolute atomic E-state index is 0.275. The van der Waals surface area contributed by atoms with Crippen molar-refractivity contribution in [3.05, 3.63) is 11.9 Å². The molecule has 0 unspecified atom stereocenters. The first-order valence-corrected chi connectivity index (χ1v) is 7.49. The average Bonchev–Trinajstić information content (AvgIpc) is 2.31. The molecule has 1 aromatic heterocycles. The zero-order valence-electron chi connectivity index (χ0n) is 11.5. The van der Waals surface area contributed by atoms with Crippen LogP contribution in [0.25, 0.3) is 0 Å². The standard InChI is InChI=1S/C15H22N4/c1-9-13(16)8-17-14(18-9)19-15-5-10-2-11(6-15)4-12(3-10)7-15/h8,10-12H,2-7,16H2,1H3,(H,17,18,19). The van der Waals surface area contributed by atoms with Crippen molar-refractivity contribution >= 4 is 11.6 Å². The molecule has 0 atom stereocenters. The van der Waals surface area contributed by atoms with Gasteiger partial charge >= 0.3 is 0 Å². The van der Waals surface area contributed by atoms with E-state index in [1.807, 2.05) is 6.92 Å². The van der Waals surface area contributed by atoms with Gasteiger partial charge < -0.3 is 11.1 Å². The molecule has 0 aromatic carbocycles. The van der Waals surface area contributed by atoms with Gasteiger partial charge in [0.2, 0.25) is 5.95 Å². The molecular weight excluding hydrogens is 236 g/mol. The Morgan fingerprint density at radius 3 is 2.26 bits per heavy atom. The van der Waals surface area contributed by atoms with Crippen LogP contribution in [0.15, 0.2) is 6.20 Å². The number of nitrogens with two attached hydrogens (primary N) is 1. The Morgan fingerprint density at radius 2 is 1.74 bits per heavy atom. The predicted octanol–water partition coefficient (Wildman–Crippen LogP) is 2.75. The molecule has 4 nitrogen and oxygen atoms in total. The average molecular weight is 258 g/mol. The van der Waals surface area contributed by atoms with Crippen molar-refractivity contribution < 1.29 is 0 Å². The van der Waals surface area contributed by atoms with E-state index < -0.39 is 0 Å². The highest BCUT2D eigenvalue weighted by Gasteiger charge is 2.51. The summed E-state index contributed by atoms with van der Waals surface area (Å²) >= 11 is 0. The van der Waals surface area contributed by atoms with Crippen LogP contribution in [-0.4, -0.2) is 15.5 Å². The summed E-state index contributed by atoms with van der Waals surface area (Å²) in [4.78, 5) is 8.87. The SMILES string of the molecule is Cc1nc(NC23CC4CC(CC(C4)C2)C3)ncc1N. The first-order valence-electron chi connectivity index (χ1n) is 7.49. The third-order valence-electron chi connectivity index (χ3n) is 5.43. The van der Waals surface area contributed by atoms with Crippen LogP contribution in [-0.2, 0) is 0 Å². The molecule has 19 heavy (non-hydrogen) atoms. The van der Waals surface area contributed by atoms with Gasteiger partial charge in [0.1, 0.15) is 0 Å². The second kappa shape index (κ2) is 3.84. The summed E-state index contributed by atoms with van der Waals surface area (Å²) in [6.07, 6.45) is 10.0. The summed E-state index contributed by atoms with van der Waals surface area (Å²) in [6, 6.07) is 0. The lowest BCUT2D eigenvalue weighted by molar-refractivity contribution is 0.0103. The van der Waals surface area contributed by atoms with Gasteiger partial charge in [-0.1, -0.05) is 0 Å². The van der Waals surface area contributed by atoms with E-state index in [-0.39, 0.29) is 5.54 Å². The van der Waals surface area contributed by atoms with Gasteiger partial charge in [0.15, 0.2) is 0 Å². The van der Waals surface area contributed by atoms with E-state index in [0.29, 0.717) is 5.69 Å². The number of aromatic nitrogens is 2. The predicted molar refractivity (Wildman–Crippen MR) is 75.7 cm³/mol. The van der Waals surface area contributed by atoms with E-state index in [4.69, 9.17) is 5.73 Å². The highest BCUT2D eigenvalue weighted by Crippen LogP contribution is 2.56. The van der Waals surface area contributed by atoms with Crippen LogP contribution in [0.2, 0.25) is 0 Å². The fourth-order valence-corrected chi connectivity index (χ4v) is 5.04. The molecule has 3 N–H and O–H groups in total. The molecule has 4 heteroatoms. The molecule has 4 aliphatic rings. The van der Waals surface area contributed by atoms with Crippen molar-refractivity contribution in [1.29, 1.82) is 0 Å². The molecule has 4 fully saturated rings. The fourth-order valence-electron chi connectivity index (χ4n) is 5.04. The Balaban J connectivity index is 1.60. The maximum absolute atomic E-state index is 5.80. The van der Waals surface area contributed by atoms with Crippen molar-refractivity contribution in [3.8, 4) is 0 Å². The van der Waals surface area contributed by atoms with Gasteiger partial charge in [0, 0.05) is 5.54 Å². The second-order valence-corrected chi connectivity index (χ2v) is 7.06. The van der Waals surface area contributed by atoms with E-state index in [1.165, 1.54) is 38.5 Å². The molecule has 0 radical (unpaired) electrons. The smallest absolute Gasteiger partial charge is 0.223 e. The molecule has 1 heterocycles. The fraction of sp³-hybridized carbons (Fsp3) is 0.733. The van der Waals surface area contributed by atoms with Gasteiger partial charge in [-0.25, -0.2) is 9.97 Å². The zero-order chi connectivity index (χ0) is 13.0. The molecule has 4 bridgehead atoms. The molecule has 1 aromatic rings. The lowest BCUT2D eigenvalue weighted by Crippen LogP contribution is -2.55. The van der Waals surface area contributed by atoms with Crippen LogP contribution in [0.5, 0.6) is 0 Å². The van der Waals surface area contributed by atoms with Gasteiger partial charge in [0.05, 0.1) is 17.6 Å². The van der Waals surface area contributed by atoms with Gasteiger partial charge in [-0.15, -0.1) is 0 Å². The van der Waals surface area contributed by atoms with Crippen molar-refractivity contribution in [2.24, 2.45) is 17.8 Å². The third-order valence-corrected chi connectivity index (χ3v) is 5.43. The van der Waals surface area contributed by atoms with Gasteiger partial charge in [-0.05, 0) is 63.2 Å². The second-order valence-electron chi connectivity index (χ2n) is 7.06. The number of aryl methyl sites for hydroxylation is 1. The summed E-state index contributed by atoms with van der Waals surface area (Å²) < 4.78 is 0. The van der Waals surface area contributed by atoms with E-state index >= 15 is 0 Å². The summed E-state index contributed by atoms with van der Waals surface area (Å²) in [5.74, 6) is 3.59. The minimum atomic E-state index is 0.275. The van der Waals surface area contributed by atoms with Crippen molar-refractivity contribution in [1.82, 2.24) is 9.97 Å². The summed E-state index contributed by atoms with van der Waals surface area (Å²) in [5, 5.41) is 3.68. The highest BCUT2D eigenvalue weighted by atomic mass is 15.2. The maximum Gasteiger partial charge on any atom is 0.223 e. The molecule has 4 saturated carbocycles. The lowest BCUT2D eigenvalue weighted by Gasteiger charge is -2.56. The number of hydrogen-bond donors (Lipinski definition) is 2. The Hall–Kier alpha value is -1.32. The molecular formula is C15H22N4. The summed E-state index contributed by atoms with van der Waals surface area (Å²) in [6.45, 7) is 1.95. The van der Waals surface area contributed by atoms with E-state index in [1.54, 1.807) is 6.20 Å². The third kappa shape index (κ3) is 1.88. The molecule has 5 rings (SSSR count). The zero-order valence-corrected chi connectivity index (χ0v) is 11.5. The van der Waals surface area contributed by atoms with E-state index in [0.717, 1.165) is 29.4 Å². The van der Waals surface area contributed by atoms with Crippen LogP contribution in [0.1, 0.15) is 44.2 Å².